The number of nitrogens with zero attached hydrogens (tertiary/aromatic N) is 6. The molecule has 130 valence electrons. The van der Waals surface area contributed by atoms with Crippen LogP contribution in [0.25, 0.3) is 5.69 Å². The second-order valence-electron chi connectivity index (χ2n) is 6.36. The first-order valence-electron chi connectivity index (χ1n) is 8.75. The normalized spacial score (nSPS) is 15.0. The summed E-state index contributed by atoms with van der Waals surface area (Å²) in [5.41, 5.74) is 2.81. The third kappa shape index (κ3) is 3.58. The van der Waals surface area contributed by atoms with Crippen LogP contribution in [0.5, 0.6) is 0 Å². The maximum absolute atomic E-state index is 9.04. The Bertz CT molecular complexity index is 903. The van der Waals surface area contributed by atoms with Crippen molar-refractivity contribution in [1.29, 1.82) is 5.26 Å². The molecule has 1 fully saturated rings. The highest BCUT2D eigenvalue weighted by Crippen LogP contribution is 2.16. The van der Waals surface area contributed by atoms with Crippen LogP contribution < -0.4 is 4.90 Å². The Morgan fingerprint density at radius 1 is 1.00 bits per heavy atom. The van der Waals surface area contributed by atoms with Crippen LogP contribution in [0.3, 0.4) is 0 Å². The van der Waals surface area contributed by atoms with Gasteiger partial charge in [0.15, 0.2) is 0 Å². The summed E-state index contributed by atoms with van der Waals surface area (Å²) in [7, 11) is 0. The number of hydrogen-bond acceptors (Lipinski definition) is 5. The quantitative estimate of drug-likeness (QED) is 0.728. The lowest BCUT2D eigenvalue weighted by atomic mass is 10.2. The lowest BCUT2D eigenvalue weighted by Crippen LogP contribution is -2.46. The molecule has 4 rings (SSSR count). The maximum Gasteiger partial charge on any atom is 0.129 e. The van der Waals surface area contributed by atoms with Crippen molar-refractivity contribution in [3.8, 4) is 11.8 Å². The predicted octanol–water partition coefficient (Wildman–Crippen LogP) is 2.46. The van der Waals surface area contributed by atoms with Gasteiger partial charge in [-0.15, -0.1) is 0 Å². The molecule has 3 aromatic rings. The van der Waals surface area contributed by atoms with Crippen molar-refractivity contribution in [3.05, 3.63) is 72.2 Å². The molecule has 0 saturated carbocycles. The molecule has 0 bridgehead atoms. The van der Waals surface area contributed by atoms with Gasteiger partial charge in [-0.2, -0.15) is 10.4 Å². The molecule has 0 amide bonds. The van der Waals surface area contributed by atoms with Crippen molar-refractivity contribution in [2.24, 2.45) is 0 Å². The Morgan fingerprint density at radius 3 is 2.58 bits per heavy atom. The topological polar surface area (TPSA) is 61.0 Å². The lowest BCUT2D eigenvalue weighted by Gasteiger charge is -2.35. The fraction of sp³-hybridized carbons (Fsp3) is 0.250. The molecule has 0 atom stereocenters. The van der Waals surface area contributed by atoms with Gasteiger partial charge in [0.2, 0.25) is 0 Å². The largest absolute Gasteiger partial charge is 0.354 e. The number of hydrogen-bond donors (Lipinski definition) is 0. The number of anilines is 1. The van der Waals surface area contributed by atoms with Gasteiger partial charge in [-0.25, -0.2) is 9.67 Å². The fourth-order valence-electron chi connectivity index (χ4n) is 3.20. The molecule has 1 aliphatic rings. The van der Waals surface area contributed by atoms with Crippen molar-refractivity contribution in [2.75, 3.05) is 31.1 Å². The molecule has 3 heterocycles. The van der Waals surface area contributed by atoms with Crippen LogP contribution in [-0.4, -0.2) is 45.8 Å². The van der Waals surface area contributed by atoms with Gasteiger partial charge in [0, 0.05) is 45.1 Å². The molecule has 2 aromatic heterocycles. The van der Waals surface area contributed by atoms with E-state index in [9.17, 15) is 0 Å². The van der Waals surface area contributed by atoms with E-state index in [4.69, 9.17) is 5.26 Å². The molecule has 0 spiro atoms. The van der Waals surface area contributed by atoms with Crippen molar-refractivity contribution in [3.63, 3.8) is 0 Å². The molecular formula is C20H20N6. The van der Waals surface area contributed by atoms with Crippen molar-refractivity contribution in [1.82, 2.24) is 19.7 Å². The van der Waals surface area contributed by atoms with E-state index in [-0.39, 0.29) is 0 Å². The number of aromatic nitrogens is 3. The maximum atomic E-state index is 9.04. The van der Waals surface area contributed by atoms with Gasteiger partial charge in [0.25, 0.3) is 0 Å². The van der Waals surface area contributed by atoms with E-state index in [1.165, 1.54) is 0 Å². The van der Waals surface area contributed by atoms with Crippen LogP contribution in [0.15, 0.2) is 60.9 Å². The van der Waals surface area contributed by atoms with Gasteiger partial charge < -0.3 is 4.90 Å². The van der Waals surface area contributed by atoms with Crippen molar-refractivity contribution < 1.29 is 0 Å². The van der Waals surface area contributed by atoms with Crippen LogP contribution in [0.1, 0.15) is 11.3 Å². The molecular weight excluding hydrogens is 324 g/mol. The van der Waals surface area contributed by atoms with E-state index >= 15 is 0 Å². The minimum Gasteiger partial charge on any atom is -0.354 e. The Morgan fingerprint density at radius 2 is 1.81 bits per heavy atom. The first-order chi connectivity index (χ1) is 12.8. The van der Waals surface area contributed by atoms with E-state index in [0.717, 1.165) is 49.9 Å². The van der Waals surface area contributed by atoms with Gasteiger partial charge in [0.05, 0.1) is 23.0 Å². The molecule has 0 aliphatic carbocycles. The standard InChI is InChI=1S/C20H20N6/c21-15-17-6-8-22-20(14-17)25-12-10-24(11-13-25)16-18-7-9-26(23-18)19-4-2-1-3-5-19/h1-9,14H,10-13,16H2. The molecule has 1 aromatic carbocycles. The summed E-state index contributed by atoms with van der Waals surface area (Å²) in [6.07, 6.45) is 3.72. The van der Waals surface area contributed by atoms with Gasteiger partial charge in [0.1, 0.15) is 5.82 Å². The first-order valence-corrected chi connectivity index (χ1v) is 8.75. The molecule has 0 N–H and O–H groups in total. The number of para-hydroxylation sites is 1. The Kier molecular flexibility index (Phi) is 4.63. The zero-order chi connectivity index (χ0) is 17.8. The Labute approximate surface area is 152 Å². The van der Waals surface area contributed by atoms with E-state index in [0.29, 0.717) is 5.56 Å². The smallest absolute Gasteiger partial charge is 0.129 e. The van der Waals surface area contributed by atoms with E-state index in [1.54, 1.807) is 12.3 Å². The summed E-state index contributed by atoms with van der Waals surface area (Å²) < 4.78 is 1.92. The number of nitriles is 1. The third-order valence-corrected chi connectivity index (χ3v) is 4.62. The lowest BCUT2D eigenvalue weighted by molar-refractivity contribution is 0.246. The molecule has 1 saturated heterocycles. The Hall–Kier alpha value is -3.17. The van der Waals surface area contributed by atoms with E-state index in [1.807, 2.05) is 35.1 Å². The summed E-state index contributed by atoms with van der Waals surface area (Å²) in [5.74, 6) is 0.886. The average molecular weight is 344 g/mol. The molecule has 1 aliphatic heterocycles. The van der Waals surface area contributed by atoms with Crippen molar-refractivity contribution >= 4 is 5.82 Å². The summed E-state index contributed by atoms with van der Waals surface area (Å²) in [5, 5.41) is 13.7. The van der Waals surface area contributed by atoms with Crippen LogP contribution in [0, 0.1) is 11.3 Å². The molecule has 0 unspecified atom stereocenters. The molecule has 6 nitrogen and oxygen atoms in total. The second-order valence-corrected chi connectivity index (χ2v) is 6.36. The van der Waals surface area contributed by atoms with Crippen LogP contribution >= 0.6 is 0 Å². The number of rotatable bonds is 4. The van der Waals surface area contributed by atoms with Crippen LogP contribution in [0.4, 0.5) is 5.82 Å². The average Bonchev–Trinajstić information content (AvgIpc) is 3.18. The van der Waals surface area contributed by atoms with Crippen LogP contribution in [0.2, 0.25) is 0 Å². The zero-order valence-corrected chi connectivity index (χ0v) is 14.5. The fourth-order valence-corrected chi connectivity index (χ4v) is 3.20. The summed E-state index contributed by atoms with van der Waals surface area (Å²) in [4.78, 5) is 9.04. The number of benzene rings is 1. The number of pyridine rings is 1. The third-order valence-electron chi connectivity index (χ3n) is 4.62. The SMILES string of the molecule is N#Cc1ccnc(N2CCN(Cc3ccn(-c4ccccc4)n3)CC2)c1. The zero-order valence-electron chi connectivity index (χ0n) is 14.5. The second kappa shape index (κ2) is 7.38. The van der Waals surface area contributed by atoms with Gasteiger partial charge in [-0.3, -0.25) is 4.90 Å². The highest BCUT2D eigenvalue weighted by Gasteiger charge is 2.19. The van der Waals surface area contributed by atoms with Gasteiger partial charge in [-0.05, 0) is 30.3 Å². The van der Waals surface area contributed by atoms with Crippen molar-refractivity contribution in [2.45, 2.75) is 6.54 Å². The van der Waals surface area contributed by atoms with Gasteiger partial charge in [-0.1, -0.05) is 18.2 Å². The summed E-state index contributed by atoms with van der Waals surface area (Å²) in [6.45, 7) is 4.56. The summed E-state index contributed by atoms with van der Waals surface area (Å²) in [6, 6.07) is 18.0. The molecule has 26 heavy (non-hydrogen) atoms. The van der Waals surface area contributed by atoms with E-state index in [2.05, 4.69) is 44.2 Å². The number of piperazine rings is 1. The van der Waals surface area contributed by atoms with Crippen LogP contribution in [-0.2, 0) is 6.54 Å². The van der Waals surface area contributed by atoms with Gasteiger partial charge >= 0.3 is 0 Å². The Balaban J connectivity index is 1.36. The predicted molar refractivity (Wildman–Crippen MR) is 100 cm³/mol. The minimum atomic E-state index is 0.656. The highest BCUT2D eigenvalue weighted by atomic mass is 15.3. The monoisotopic (exact) mass is 344 g/mol. The van der Waals surface area contributed by atoms with E-state index < -0.39 is 0 Å². The highest BCUT2D eigenvalue weighted by molar-refractivity contribution is 5.45. The minimum absolute atomic E-state index is 0.656. The summed E-state index contributed by atoms with van der Waals surface area (Å²) >= 11 is 0. The first kappa shape index (κ1) is 16.3. The molecule has 0 radical (unpaired) electrons. The molecule has 6 heteroatoms.